The molecule has 0 radical (unpaired) electrons. The van der Waals surface area contributed by atoms with E-state index in [0.29, 0.717) is 11.3 Å². The minimum atomic E-state index is -1.03. The van der Waals surface area contributed by atoms with Gasteiger partial charge in [0.2, 0.25) is 5.91 Å². The molecule has 0 saturated carbocycles. The predicted molar refractivity (Wildman–Crippen MR) is 79.2 cm³/mol. The number of likely N-dealkylation sites (tertiary alicyclic amines) is 1. The molecule has 7 nitrogen and oxygen atoms in total. The summed E-state index contributed by atoms with van der Waals surface area (Å²) in [5.74, 6) is -0.994. The number of anilines is 1. The largest absolute Gasteiger partial charge is 0.465 e. The molecule has 8 heteroatoms. The van der Waals surface area contributed by atoms with Crippen molar-refractivity contribution in [1.82, 2.24) is 10.2 Å². The van der Waals surface area contributed by atoms with Crippen molar-refractivity contribution in [3.05, 3.63) is 28.2 Å². The first kappa shape index (κ1) is 15.3. The molecule has 0 atom stereocenters. The Morgan fingerprint density at radius 3 is 2.57 bits per heavy atom. The second kappa shape index (κ2) is 6.13. The third-order valence-corrected chi connectivity index (χ3v) is 3.73. The number of halogens is 1. The topological polar surface area (TPSA) is 98.7 Å². The van der Waals surface area contributed by atoms with Crippen molar-refractivity contribution < 1.29 is 19.5 Å². The summed E-state index contributed by atoms with van der Waals surface area (Å²) in [7, 11) is 1.51. The summed E-state index contributed by atoms with van der Waals surface area (Å²) < 4.78 is 0.728. The van der Waals surface area contributed by atoms with Crippen LogP contribution in [0, 0.1) is 5.92 Å². The second-order valence-electron chi connectivity index (χ2n) is 4.64. The minimum Gasteiger partial charge on any atom is -0.465 e. The molecule has 1 aromatic carbocycles. The van der Waals surface area contributed by atoms with Crippen LogP contribution in [0.15, 0.2) is 22.7 Å². The molecule has 1 aromatic rings. The third kappa shape index (κ3) is 3.33. The van der Waals surface area contributed by atoms with Gasteiger partial charge in [-0.15, -0.1) is 0 Å². The minimum absolute atomic E-state index is 0.171. The zero-order valence-corrected chi connectivity index (χ0v) is 12.8. The number of carbonyl (C=O) groups excluding carboxylic acids is 2. The van der Waals surface area contributed by atoms with Gasteiger partial charge in [-0.1, -0.05) is 15.9 Å². The number of rotatable bonds is 3. The Bertz CT molecular complexity index is 599. The van der Waals surface area contributed by atoms with Crippen molar-refractivity contribution in [3.8, 4) is 0 Å². The van der Waals surface area contributed by atoms with Gasteiger partial charge in [-0.2, -0.15) is 0 Å². The molecule has 0 aliphatic carbocycles. The van der Waals surface area contributed by atoms with Crippen molar-refractivity contribution in [1.29, 1.82) is 0 Å². The highest BCUT2D eigenvalue weighted by Crippen LogP contribution is 2.24. The van der Waals surface area contributed by atoms with E-state index >= 15 is 0 Å². The molecule has 0 unspecified atom stereocenters. The van der Waals surface area contributed by atoms with E-state index in [0.717, 1.165) is 9.37 Å². The zero-order valence-electron chi connectivity index (χ0n) is 11.2. The highest BCUT2D eigenvalue weighted by molar-refractivity contribution is 9.10. The Balaban J connectivity index is 2.09. The summed E-state index contributed by atoms with van der Waals surface area (Å²) >= 11 is 3.29. The van der Waals surface area contributed by atoms with E-state index < -0.39 is 12.0 Å². The van der Waals surface area contributed by atoms with Crippen LogP contribution in [0.4, 0.5) is 10.5 Å². The van der Waals surface area contributed by atoms with Crippen molar-refractivity contribution in [3.63, 3.8) is 0 Å². The molecule has 1 aliphatic rings. The molecule has 0 spiro atoms. The Hall–Kier alpha value is -2.09. The molecule has 1 saturated heterocycles. The highest BCUT2D eigenvalue weighted by Gasteiger charge is 2.35. The fraction of sp³-hybridized carbons (Fsp3) is 0.308. The molecule has 2 rings (SSSR count). The van der Waals surface area contributed by atoms with Crippen molar-refractivity contribution in [2.45, 2.75) is 0 Å². The fourth-order valence-corrected chi connectivity index (χ4v) is 2.35. The summed E-state index contributed by atoms with van der Waals surface area (Å²) in [6.07, 6.45) is -1.03. The molecule has 1 aliphatic heterocycles. The van der Waals surface area contributed by atoms with Crippen molar-refractivity contribution in [2.75, 3.05) is 25.5 Å². The Kier molecular flexibility index (Phi) is 4.46. The van der Waals surface area contributed by atoms with Crippen LogP contribution in [-0.2, 0) is 4.79 Å². The lowest BCUT2D eigenvalue weighted by Gasteiger charge is -2.35. The average Bonchev–Trinajstić information content (AvgIpc) is 2.35. The van der Waals surface area contributed by atoms with Gasteiger partial charge >= 0.3 is 6.09 Å². The summed E-state index contributed by atoms with van der Waals surface area (Å²) in [6.45, 7) is 0.342. The maximum absolute atomic E-state index is 12.1. The molecule has 0 bridgehead atoms. The van der Waals surface area contributed by atoms with Crippen molar-refractivity contribution >= 4 is 39.5 Å². The van der Waals surface area contributed by atoms with Crippen LogP contribution in [0.5, 0.6) is 0 Å². The van der Waals surface area contributed by atoms with Crippen LogP contribution in [0.2, 0.25) is 0 Å². The predicted octanol–water partition coefficient (Wildman–Crippen LogP) is 1.36. The van der Waals surface area contributed by atoms with Gasteiger partial charge in [-0.25, -0.2) is 4.79 Å². The van der Waals surface area contributed by atoms with Gasteiger partial charge in [-0.05, 0) is 18.2 Å². The number of nitrogens with one attached hydrogen (secondary N) is 2. The van der Waals surface area contributed by atoms with E-state index in [1.165, 1.54) is 7.05 Å². The first-order chi connectivity index (χ1) is 9.92. The van der Waals surface area contributed by atoms with Crippen LogP contribution >= 0.6 is 15.9 Å². The lowest BCUT2D eigenvalue weighted by atomic mass is 9.99. The van der Waals surface area contributed by atoms with E-state index in [1.807, 2.05) is 0 Å². The van der Waals surface area contributed by atoms with Crippen LogP contribution in [0.25, 0.3) is 0 Å². The molecular formula is C13H14BrN3O4. The number of hydrogen-bond acceptors (Lipinski definition) is 3. The zero-order chi connectivity index (χ0) is 15.6. The maximum Gasteiger partial charge on any atom is 0.407 e. The summed E-state index contributed by atoms with van der Waals surface area (Å²) in [5.41, 5.74) is 0.742. The van der Waals surface area contributed by atoms with E-state index in [2.05, 4.69) is 26.6 Å². The first-order valence-corrected chi connectivity index (χ1v) is 7.02. The number of carbonyl (C=O) groups is 3. The molecule has 1 fully saturated rings. The fourth-order valence-electron chi connectivity index (χ4n) is 1.99. The molecule has 0 aromatic heterocycles. The van der Waals surface area contributed by atoms with Crippen LogP contribution in [0.3, 0.4) is 0 Å². The van der Waals surface area contributed by atoms with Gasteiger partial charge in [0.1, 0.15) is 0 Å². The lowest BCUT2D eigenvalue weighted by Crippen LogP contribution is -2.54. The van der Waals surface area contributed by atoms with E-state index in [9.17, 15) is 14.4 Å². The third-order valence-electron chi connectivity index (χ3n) is 3.23. The van der Waals surface area contributed by atoms with Crippen LogP contribution in [-0.4, -0.2) is 48.1 Å². The summed E-state index contributed by atoms with van der Waals surface area (Å²) in [6, 6.07) is 4.94. The number of hydrogen-bond donors (Lipinski definition) is 3. The number of carboxylic acid groups (broad SMARTS) is 1. The summed E-state index contributed by atoms with van der Waals surface area (Å²) in [4.78, 5) is 35.6. The van der Waals surface area contributed by atoms with Crippen LogP contribution in [0.1, 0.15) is 10.4 Å². The smallest absolute Gasteiger partial charge is 0.407 e. The monoisotopic (exact) mass is 355 g/mol. The van der Waals surface area contributed by atoms with Gasteiger partial charge in [0, 0.05) is 24.6 Å². The Labute approximate surface area is 129 Å². The SMILES string of the molecule is CNC(=O)c1ccc(Br)cc1NC(=O)C1CN(C(=O)O)C1. The number of nitrogens with zero attached hydrogens (tertiary/aromatic N) is 1. The van der Waals surface area contributed by atoms with Gasteiger partial charge in [0.25, 0.3) is 5.91 Å². The van der Waals surface area contributed by atoms with Gasteiger partial charge < -0.3 is 20.6 Å². The van der Waals surface area contributed by atoms with E-state index in [4.69, 9.17) is 5.11 Å². The quantitative estimate of drug-likeness (QED) is 0.762. The van der Waals surface area contributed by atoms with E-state index in [-0.39, 0.29) is 24.9 Å². The van der Waals surface area contributed by atoms with Gasteiger partial charge in [0.05, 0.1) is 17.2 Å². The normalized spacial score (nSPS) is 14.3. The lowest BCUT2D eigenvalue weighted by molar-refractivity contribution is -0.123. The van der Waals surface area contributed by atoms with E-state index in [1.54, 1.807) is 18.2 Å². The molecular weight excluding hydrogens is 342 g/mol. The molecule has 112 valence electrons. The first-order valence-electron chi connectivity index (χ1n) is 6.22. The average molecular weight is 356 g/mol. The van der Waals surface area contributed by atoms with Gasteiger partial charge in [0.15, 0.2) is 0 Å². The van der Waals surface area contributed by atoms with Crippen molar-refractivity contribution in [2.24, 2.45) is 5.92 Å². The molecule has 21 heavy (non-hydrogen) atoms. The Morgan fingerprint density at radius 2 is 2.00 bits per heavy atom. The number of benzene rings is 1. The maximum atomic E-state index is 12.1. The summed E-state index contributed by atoms with van der Waals surface area (Å²) in [5, 5.41) is 13.9. The van der Waals surface area contributed by atoms with Crippen LogP contribution < -0.4 is 10.6 Å². The Morgan fingerprint density at radius 1 is 1.33 bits per heavy atom. The number of amides is 3. The molecule has 3 N–H and O–H groups in total. The highest BCUT2D eigenvalue weighted by atomic mass is 79.9. The second-order valence-corrected chi connectivity index (χ2v) is 5.56. The molecule has 1 heterocycles. The standard InChI is InChI=1S/C13H14BrN3O4/c1-15-12(19)9-3-2-8(14)4-10(9)16-11(18)7-5-17(6-7)13(20)21/h2-4,7H,5-6H2,1H3,(H,15,19)(H,16,18)(H,20,21). The van der Waals surface area contributed by atoms with Gasteiger partial charge in [-0.3, -0.25) is 9.59 Å². The molecule has 3 amide bonds.